The van der Waals surface area contributed by atoms with Gasteiger partial charge in [0.05, 0.1) is 30.7 Å². The number of aliphatic hydroxyl groups excluding tert-OH is 1. The summed E-state index contributed by atoms with van der Waals surface area (Å²) in [6.45, 7) is 7.07. The van der Waals surface area contributed by atoms with Gasteiger partial charge in [-0.15, -0.1) is 0 Å². The molecule has 13 heteroatoms. The number of primary amides is 2. The van der Waals surface area contributed by atoms with Gasteiger partial charge in [0, 0.05) is 32.0 Å². The standard InChI is InChI=1S/C45H60N6O7/c1-45(2,3)51(25-13-20-38(51)42(47)55)44(57)41(54)36(26-31-14-7-4-8-15-31)49-43(56)37(27-39(46)52)48-40(53)30-58-35-23-21-34(22-24-35)50(28-32-16-9-5-10-17-32)29-33-18-11-6-12-19-33/h4-12,14-19,34-38,41,54H,13,20-30H2,1-3H3,(H5-,46,47,48,49,52,53,55,56)/p+1/t34?,35?,36-,37-,38-,41-,51?/m0/s1. The van der Waals surface area contributed by atoms with Crippen LogP contribution in [0.2, 0.25) is 0 Å². The van der Waals surface area contributed by atoms with Crippen LogP contribution in [-0.4, -0.2) is 99.1 Å². The summed E-state index contributed by atoms with van der Waals surface area (Å²) < 4.78 is 5.68. The lowest BCUT2D eigenvalue weighted by molar-refractivity contribution is -0.904. The number of nitrogens with zero attached hydrogens (tertiary/aromatic N) is 2. The van der Waals surface area contributed by atoms with Gasteiger partial charge in [-0.2, -0.15) is 0 Å². The largest absolute Gasteiger partial charge is 0.378 e. The number of rotatable bonds is 18. The van der Waals surface area contributed by atoms with Crippen LogP contribution in [0.3, 0.4) is 0 Å². The van der Waals surface area contributed by atoms with Gasteiger partial charge in [0.2, 0.25) is 17.7 Å². The van der Waals surface area contributed by atoms with Crippen molar-refractivity contribution >= 4 is 29.5 Å². The van der Waals surface area contributed by atoms with E-state index in [1.807, 2.05) is 39.0 Å². The Hall–Kier alpha value is -4.95. The van der Waals surface area contributed by atoms with Crippen LogP contribution in [0.25, 0.3) is 0 Å². The van der Waals surface area contributed by atoms with Gasteiger partial charge in [-0.05, 0) is 69.6 Å². The average molecular weight is 798 g/mol. The van der Waals surface area contributed by atoms with Crippen LogP contribution in [0.15, 0.2) is 91.0 Å². The predicted octanol–water partition coefficient (Wildman–Crippen LogP) is 3.25. The molecule has 13 nitrogen and oxygen atoms in total. The zero-order valence-corrected chi connectivity index (χ0v) is 34.1. The highest BCUT2D eigenvalue weighted by Gasteiger charge is 2.60. The highest BCUT2D eigenvalue weighted by atomic mass is 16.5. The quantitative estimate of drug-likeness (QED) is 0.121. The number of likely N-dealkylation sites (tertiary alicyclic amines) is 1. The first kappa shape index (κ1) is 44.2. The van der Waals surface area contributed by atoms with Gasteiger partial charge in [0.1, 0.15) is 12.6 Å². The minimum atomic E-state index is -1.76. The first-order valence-corrected chi connectivity index (χ1v) is 20.4. The van der Waals surface area contributed by atoms with Gasteiger partial charge in [-0.1, -0.05) is 91.0 Å². The summed E-state index contributed by atoms with van der Waals surface area (Å²) >= 11 is 0. The number of carbonyl (C=O) groups is 5. The average Bonchev–Trinajstić information content (AvgIpc) is 3.68. The van der Waals surface area contributed by atoms with Crippen LogP contribution in [0.5, 0.6) is 0 Å². The van der Waals surface area contributed by atoms with Gasteiger partial charge in [-0.3, -0.25) is 24.1 Å². The minimum absolute atomic E-state index is 0.0437. The van der Waals surface area contributed by atoms with Crippen LogP contribution in [0, 0.1) is 0 Å². The van der Waals surface area contributed by atoms with E-state index in [1.54, 1.807) is 24.3 Å². The maximum Gasteiger partial charge on any atom is 0.345 e. The third kappa shape index (κ3) is 11.4. The molecule has 2 aliphatic rings. The third-order valence-electron chi connectivity index (χ3n) is 11.8. The van der Waals surface area contributed by atoms with Crippen molar-refractivity contribution in [2.45, 2.75) is 127 Å². The molecule has 312 valence electrons. The highest BCUT2D eigenvalue weighted by molar-refractivity contribution is 5.92. The minimum Gasteiger partial charge on any atom is -0.378 e. The van der Waals surface area contributed by atoms with E-state index in [-0.39, 0.29) is 23.6 Å². The maximum absolute atomic E-state index is 14.4. The second-order valence-corrected chi connectivity index (χ2v) is 16.8. The van der Waals surface area contributed by atoms with E-state index in [0.717, 1.165) is 44.3 Å². The molecule has 1 heterocycles. The molecular formula is C45H61N6O7+. The van der Waals surface area contributed by atoms with E-state index in [2.05, 4.69) is 64.1 Å². The molecule has 2 fully saturated rings. The number of benzene rings is 3. The molecule has 7 N–H and O–H groups in total. The van der Waals surface area contributed by atoms with Gasteiger partial charge < -0.3 is 31.9 Å². The molecule has 3 aromatic rings. The molecule has 0 radical (unpaired) electrons. The van der Waals surface area contributed by atoms with Crippen molar-refractivity contribution in [2.24, 2.45) is 11.5 Å². The fraction of sp³-hybridized carbons (Fsp3) is 0.489. The van der Waals surface area contributed by atoms with E-state index < -0.39 is 65.7 Å². The summed E-state index contributed by atoms with van der Waals surface area (Å²) in [5.41, 5.74) is 13.7. The fourth-order valence-electron chi connectivity index (χ4n) is 8.84. The summed E-state index contributed by atoms with van der Waals surface area (Å²) in [5.74, 6) is -3.51. The van der Waals surface area contributed by atoms with E-state index in [4.69, 9.17) is 16.2 Å². The zero-order chi connectivity index (χ0) is 41.9. The number of aliphatic hydroxyl groups is 1. The number of carbonyl (C=O) groups excluding carboxylic acids is 5. The molecule has 1 unspecified atom stereocenters. The van der Waals surface area contributed by atoms with Gasteiger partial charge in [0.15, 0.2) is 12.1 Å². The second-order valence-electron chi connectivity index (χ2n) is 16.8. The lowest BCUT2D eigenvalue weighted by Crippen LogP contribution is -2.72. The maximum atomic E-state index is 14.4. The van der Waals surface area contributed by atoms with Crippen molar-refractivity contribution in [3.63, 3.8) is 0 Å². The molecule has 1 saturated heterocycles. The number of hydrogen-bond acceptors (Lipinski definition) is 8. The number of quaternary nitrogens is 1. The van der Waals surface area contributed by atoms with Gasteiger partial charge in [0.25, 0.3) is 5.91 Å². The lowest BCUT2D eigenvalue weighted by atomic mass is 9.91. The van der Waals surface area contributed by atoms with Crippen molar-refractivity contribution < 1.29 is 38.3 Å². The van der Waals surface area contributed by atoms with Crippen molar-refractivity contribution in [1.82, 2.24) is 15.5 Å². The van der Waals surface area contributed by atoms with Crippen LogP contribution < -0.4 is 22.1 Å². The number of nitrogens with two attached hydrogens (primary N) is 2. The summed E-state index contributed by atoms with van der Waals surface area (Å²) in [5, 5.41) is 17.2. The van der Waals surface area contributed by atoms with Gasteiger partial charge >= 0.3 is 5.91 Å². The third-order valence-corrected chi connectivity index (χ3v) is 11.8. The van der Waals surface area contributed by atoms with Gasteiger partial charge in [-0.25, -0.2) is 9.28 Å². The van der Waals surface area contributed by atoms with Crippen LogP contribution in [0.1, 0.15) is 82.4 Å². The first-order chi connectivity index (χ1) is 27.7. The number of hydrogen-bond donors (Lipinski definition) is 5. The Morgan fingerprint density at radius 1 is 0.793 bits per heavy atom. The molecule has 1 saturated carbocycles. The summed E-state index contributed by atoms with van der Waals surface area (Å²) in [6.07, 6.45) is 1.82. The highest BCUT2D eigenvalue weighted by Crippen LogP contribution is 2.38. The van der Waals surface area contributed by atoms with Crippen molar-refractivity contribution in [3.05, 3.63) is 108 Å². The molecule has 5 amide bonds. The molecule has 3 aromatic carbocycles. The molecule has 1 aliphatic carbocycles. The number of amides is 5. The van der Waals surface area contributed by atoms with Crippen LogP contribution in [0.4, 0.5) is 0 Å². The Morgan fingerprint density at radius 3 is 1.83 bits per heavy atom. The Kier molecular flexibility index (Phi) is 15.3. The SMILES string of the molecule is CC(C)(C)[N+]1(C(=O)[C@@H](O)[C@H](Cc2ccccc2)NC(=O)[C@H](CC(N)=O)NC(=O)COC2CCC(N(Cc3ccccc3)Cc3ccccc3)CC2)CCC[C@H]1C(N)=O. The summed E-state index contributed by atoms with van der Waals surface area (Å²) in [4.78, 5) is 68.9. The summed E-state index contributed by atoms with van der Waals surface area (Å²) in [6, 6.07) is 26.7. The number of ether oxygens (including phenoxy) is 1. The Balaban J connectivity index is 1.22. The predicted molar refractivity (Wildman–Crippen MR) is 220 cm³/mol. The second kappa shape index (κ2) is 20.1. The molecular weight excluding hydrogens is 737 g/mol. The molecule has 1 aliphatic heterocycles. The van der Waals surface area contributed by atoms with E-state index >= 15 is 0 Å². The van der Waals surface area contributed by atoms with Crippen LogP contribution >= 0.6 is 0 Å². The van der Waals surface area contributed by atoms with Crippen LogP contribution in [-0.2, 0) is 48.2 Å². The fourth-order valence-corrected chi connectivity index (χ4v) is 8.84. The van der Waals surface area contributed by atoms with Crippen molar-refractivity contribution in [1.29, 1.82) is 0 Å². The smallest absolute Gasteiger partial charge is 0.345 e. The number of nitrogens with one attached hydrogen (secondary N) is 2. The monoisotopic (exact) mass is 797 g/mol. The van der Waals surface area contributed by atoms with Crippen molar-refractivity contribution in [3.8, 4) is 0 Å². The molecule has 0 bridgehead atoms. The Bertz CT molecular complexity index is 1790. The topological polar surface area (TPSA) is 194 Å². The lowest BCUT2D eigenvalue weighted by Gasteiger charge is -2.47. The molecule has 0 spiro atoms. The normalized spacial score (nSPS) is 22.4. The molecule has 0 aromatic heterocycles. The molecule has 5 rings (SSSR count). The van der Waals surface area contributed by atoms with Crippen molar-refractivity contribution in [2.75, 3.05) is 13.2 Å². The molecule has 58 heavy (non-hydrogen) atoms. The zero-order valence-electron chi connectivity index (χ0n) is 34.1. The van der Waals surface area contributed by atoms with E-state index in [9.17, 15) is 29.1 Å². The van der Waals surface area contributed by atoms with E-state index in [1.165, 1.54) is 11.1 Å². The Labute approximate surface area is 342 Å². The Morgan fingerprint density at radius 2 is 1.33 bits per heavy atom. The van der Waals surface area contributed by atoms with E-state index in [0.29, 0.717) is 25.4 Å². The molecule has 5 atom stereocenters. The summed E-state index contributed by atoms with van der Waals surface area (Å²) in [7, 11) is 0. The first-order valence-electron chi connectivity index (χ1n) is 20.4.